The van der Waals surface area contributed by atoms with Crippen molar-refractivity contribution in [2.75, 3.05) is 5.32 Å². The molecule has 0 aliphatic rings. The lowest BCUT2D eigenvalue weighted by Crippen LogP contribution is -2.13. The number of benzene rings is 2. The molecule has 0 radical (unpaired) electrons. The van der Waals surface area contributed by atoms with Gasteiger partial charge in [0.25, 0.3) is 11.6 Å². The number of aliphatic hydroxyl groups is 1. The van der Waals surface area contributed by atoms with E-state index in [-0.39, 0.29) is 22.9 Å². The first-order valence-electron chi connectivity index (χ1n) is 5.96. The van der Waals surface area contributed by atoms with Gasteiger partial charge in [0.15, 0.2) is 0 Å². The fraction of sp³-hybridized carbons (Fsp3) is 0.0714. The number of carbonyl (C=O) groups is 1. The Morgan fingerprint density at radius 3 is 2.48 bits per heavy atom. The van der Waals surface area contributed by atoms with E-state index in [9.17, 15) is 14.9 Å². The Bertz CT molecular complexity index is 686. The number of nitro benzene ring substituents is 1. The van der Waals surface area contributed by atoms with Crippen LogP contribution in [0.15, 0.2) is 42.5 Å². The molecule has 2 N–H and O–H groups in total. The van der Waals surface area contributed by atoms with Crippen molar-refractivity contribution in [3.63, 3.8) is 0 Å². The van der Waals surface area contributed by atoms with Gasteiger partial charge in [0.05, 0.1) is 11.5 Å². The Morgan fingerprint density at radius 2 is 1.90 bits per heavy atom. The van der Waals surface area contributed by atoms with Crippen molar-refractivity contribution in [1.82, 2.24) is 0 Å². The zero-order chi connectivity index (χ0) is 15.4. The molecular weight excluding hydrogens is 296 g/mol. The predicted molar refractivity (Wildman–Crippen MR) is 78.4 cm³/mol. The van der Waals surface area contributed by atoms with Crippen LogP contribution in [0.3, 0.4) is 0 Å². The van der Waals surface area contributed by atoms with E-state index in [4.69, 9.17) is 16.7 Å². The smallest absolute Gasteiger partial charge is 0.283 e. The van der Waals surface area contributed by atoms with Gasteiger partial charge in [0, 0.05) is 16.8 Å². The van der Waals surface area contributed by atoms with Crippen LogP contribution in [0.5, 0.6) is 0 Å². The van der Waals surface area contributed by atoms with Crippen molar-refractivity contribution in [1.29, 1.82) is 0 Å². The van der Waals surface area contributed by atoms with Crippen LogP contribution in [0.25, 0.3) is 0 Å². The highest BCUT2D eigenvalue weighted by atomic mass is 35.5. The molecular formula is C14H11ClN2O4. The first-order chi connectivity index (χ1) is 10.0. The average molecular weight is 307 g/mol. The Labute approximate surface area is 125 Å². The number of rotatable bonds is 4. The summed E-state index contributed by atoms with van der Waals surface area (Å²) in [6, 6.07) is 10.3. The molecule has 0 spiro atoms. The number of amides is 1. The maximum Gasteiger partial charge on any atom is 0.283 e. The topological polar surface area (TPSA) is 92.5 Å². The predicted octanol–water partition coefficient (Wildman–Crippen LogP) is 2.99. The van der Waals surface area contributed by atoms with E-state index in [0.29, 0.717) is 11.3 Å². The normalized spacial score (nSPS) is 10.2. The molecule has 1 amide bonds. The molecule has 0 fully saturated rings. The summed E-state index contributed by atoms with van der Waals surface area (Å²) in [6.07, 6.45) is 0. The molecule has 0 unspecified atom stereocenters. The van der Waals surface area contributed by atoms with E-state index in [0.717, 1.165) is 6.07 Å². The lowest BCUT2D eigenvalue weighted by Gasteiger charge is -2.06. The van der Waals surface area contributed by atoms with Crippen LogP contribution in [-0.4, -0.2) is 15.9 Å². The van der Waals surface area contributed by atoms with E-state index in [1.54, 1.807) is 24.3 Å². The second kappa shape index (κ2) is 6.34. The summed E-state index contributed by atoms with van der Waals surface area (Å²) in [5.74, 6) is -0.602. The second-order valence-electron chi connectivity index (χ2n) is 4.23. The molecule has 6 nitrogen and oxygen atoms in total. The van der Waals surface area contributed by atoms with Crippen LogP contribution in [-0.2, 0) is 6.61 Å². The van der Waals surface area contributed by atoms with Crippen LogP contribution in [0.4, 0.5) is 11.4 Å². The van der Waals surface area contributed by atoms with E-state index < -0.39 is 10.8 Å². The highest BCUT2D eigenvalue weighted by Crippen LogP contribution is 2.24. The van der Waals surface area contributed by atoms with Gasteiger partial charge < -0.3 is 10.4 Å². The minimum absolute atomic E-state index is 0.0735. The summed E-state index contributed by atoms with van der Waals surface area (Å²) < 4.78 is 0. The Morgan fingerprint density at radius 1 is 1.24 bits per heavy atom. The maximum absolute atomic E-state index is 12.1. The highest BCUT2D eigenvalue weighted by molar-refractivity contribution is 6.31. The van der Waals surface area contributed by atoms with Gasteiger partial charge in [0.2, 0.25) is 0 Å². The fourth-order valence-corrected chi connectivity index (χ4v) is 1.91. The first kappa shape index (κ1) is 15.0. The third-order valence-electron chi connectivity index (χ3n) is 2.80. The van der Waals surface area contributed by atoms with Crippen LogP contribution >= 0.6 is 11.6 Å². The number of nitrogens with zero attached hydrogens (tertiary/aromatic N) is 1. The zero-order valence-electron chi connectivity index (χ0n) is 10.7. The van der Waals surface area contributed by atoms with Crippen LogP contribution in [0.1, 0.15) is 15.9 Å². The molecule has 0 aliphatic heterocycles. The molecule has 7 heteroatoms. The van der Waals surface area contributed by atoms with Gasteiger partial charge in [-0.2, -0.15) is 0 Å². The fourth-order valence-electron chi connectivity index (χ4n) is 1.74. The van der Waals surface area contributed by atoms with Crippen molar-refractivity contribution in [2.24, 2.45) is 0 Å². The van der Waals surface area contributed by atoms with Crippen LogP contribution in [0.2, 0.25) is 5.02 Å². The minimum atomic E-state index is -0.657. The van der Waals surface area contributed by atoms with Gasteiger partial charge in [-0.25, -0.2) is 0 Å². The number of nitrogens with one attached hydrogen (secondary N) is 1. The van der Waals surface area contributed by atoms with Gasteiger partial charge in [-0.1, -0.05) is 23.7 Å². The lowest BCUT2D eigenvalue weighted by atomic mass is 10.1. The summed E-state index contributed by atoms with van der Waals surface area (Å²) in [7, 11) is 0. The largest absolute Gasteiger partial charge is 0.392 e. The van der Waals surface area contributed by atoms with Crippen LogP contribution < -0.4 is 5.32 Å². The standard InChI is InChI=1S/C14H11ClN2O4/c15-10-3-6-12(13(7-10)17(20)21)14(19)16-11-4-1-9(8-18)2-5-11/h1-7,18H,8H2,(H,16,19). The molecule has 0 heterocycles. The summed E-state index contributed by atoms with van der Waals surface area (Å²) >= 11 is 5.70. The molecule has 0 atom stereocenters. The number of halogens is 1. The van der Waals surface area contributed by atoms with E-state index in [2.05, 4.69) is 5.32 Å². The number of anilines is 1. The van der Waals surface area contributed by atoms with E-state index in [1.807, 2.05) is 0 Å². The Kier molecular flexibility index (Phi) is 4.52. The lowest BCUT2D eigenvalue weighted by molar-refractivity contribution is -0.385. The second-order valence-corrected chi connectivity index (χ2v) is 4.66. The molecule has 0 aliphatic carbocycles. The van der Waals surface area contributed by atoms with Crippen LogP contribution in [0, 0.1) is 10.1 Å². The maximum atomic E-state index is 12.1. The molecule has 0 saturated heterocycles. The van der Waals surface area contributed by atoms with Crippen molar-refractivity contribution in [3.8, 4) is 0 Å². The first-order valence-corrected chi connectivity index (χ1v) is 6.34. The van der Waals surface area contributed by atoms with Gasteiger partial charge in [-0.15, -0.1) is 0 Å². The number of hydrogen-bond acceptors (Lipinski definition) is 4. The van der Waals surface area contributed by atoms with Crippen molar-refractivity contribution in [2.45, 2.75) is 6.61 Å². The number of carbonyl (C=O) groups excluding carboxylic acids is 1. The molecule has 2 rings (SSSR count). The summed E-state index contributed by atoms with van der Waals surface area (Å²) in [5.41, 5.74) is 0.745. The molecule has 0 aromatic heterocycles. The monoisotopic (exact) mass is 306 g/mol. The quantitative estimate of drug-likeness (QED) is 0.671. The van der Waals surface area contributed by atoms with Gasteiger partial charge >= 0.3 is 0 Å². The average Bonchev–Trinajstić information content (AvgIpc) is 2.47. The Balaban J connectivity index is 2.25. The van der Waals surface area contributed by atoms with Crippen molar-refractivity contribution in [3.05, 3.63) is 68.7 Å². The van der Waals surface area contributed by atoms with Crippen molar-refractivity contribution >= 4 is 28.9 Å². The van der Waals surface area contributed by atoms with Crippen molar-refractivity contribution < 1.29 is 14.8 Å². The number of nitro groups is 1. The zero-order valence-corrected chi connectivity index (χ0v) is 11.5. The number of aliphatic hydroxyl groups excluding tert-OH is 1. The highest BCUT2D eigenvalue weighted by Gasteiger charge is 2.20. The summed E-state index contributed by atoms with van der Waals surface area (Å²) in [5, 5.41) is 22.6. The molecule has 108 valence electrons. The van der Waals surface area contributed by atoms with Gasteiger partial charge in [-0.05, 0) is 29.8 Å². The molecule has 2 aromatic carbocycles. The molecule has 2 aromatic rings. The third kappa shape index (κ3) is 3.56. The minimum Gasteiger partial charge on any atom is -0.392 e. The summed E-state index contributed by atoms with van der Waals surface area (Å²) in [4.78, 5) is 22.4. The SMILES string of the molecule is O=C(Nc1ccc(CO)cc1)c1ccc(Cl)cc1[N+](=O)[O-]. The molecule has 0 bridgehead atoms. The molecule has 0 saturated carbocycles. The van der Waals surface area contributed by atoms with E-state index in [1.165, 1.54) is 12.1 Å². The van der Waals surface area contributed by atoms with E-state index >= 15 is 0 Å². The third-order valence-corrected chi connectivity index (χ3v) is 3.03. The van der Waals surface area contributed by atoms with Gasteiger partial charge in [0.1, 0.15) is 5.56 Å². The number of hydrogen-bond donors (Lipinski definition) is 2. The molecule has 21 heavy (non-hydrogen) atoms. The van der Waals surface area contributed by atoms with Gasteiger partial charge in [-0.3, -0.25) is 14.9 Å². The summed E-state index contributed by atoms with van der Waals surface area (Å²) in [6.45, 7) is -0.100. The Hall–Kier alpha value is -2.44.